The molecule has 0 aliphatic carbocycles. The van der Waals surface area contributed by atoms with Gasteiger partial charge >= 0.3 is 29.6 Å². The minimum absolute atomic E-state index is 0. The molecule has 0 aliphatic rings. The third-order valence-electron chi connectivity index (χ3n) is 5.47. The smallest absolute Gasteiger partial charge is 0.550 e. The Hall–Kier alpha value is -2.63. The van der Waals surface area contributed by atoms with Crippen LogP contribution >= 0.6 is 0 Å². The number of aliphatic hydroxyl groups is 2. The van der Waals surface area contributed by atoms with Gasteiger partial charge < -0.3 is 20.1 Å². The molecule has 36 heavy (non-hydrogen) atoms. The molecule has 186 valence electrons. The zero-order valence-electron chi connectivity index (χ0n) is 21.1. The SMILES string of the molecule is CC(C)c1nc(N(C)c2ccnn2C)nc(-c2ccc(F)cc2)c1/C=C/[C@@H](O)C[C@@H](O)CC(=O)[O-].[Na+]. The van der Waals surface area contributed by atoms with Crippen LogP contribution in [0.2, 0.25) is 0 Å². The van der Waals surface area contributed by atoms with Gasteiger partial charge in [0.1, 0.15) is 11.6 Å². The van der Waals surface area contributed by atoms with Gasteiger partial charge in [-0.2, -0.15) is 5.10 Å². The summed E-state index contributed by atoms with van der Waals surface area (Å²) >= 11 is 0. The van der Waals surface area contributed by atoms with Crippen LogP contribution in [0.25, 0.3) is 17.3 Å². The van der Waals surface area contributed by atoms with Crippen molar-refractivity contribution >= 4 is 23.8 Å². The van der Waals surface area contributed by atoms with Crippen LogP contribution in [0.4, 0.5) is 16.2 Å². The van der Waals surface area contributed by atoms with E-state index in [-0.39, 0.29) is 47.7 Å². The number of benzene rings is 1. The second kappa shape index (κ2) is 13.1. The maximum atomic E-state index is 13.6. The topological polar surface area (TPSA) is 127 Å². The van der Waals surface area contributed by atoms with Crippen LogP contribution in [-0.4, -0.2) is 55.2 Å². The molecule has 2 atom stereocenters. The van der Waals surface area contributed by atoms with Crippen LogP contribution in [0.1, 0.15) is 43.9 Å². The summed E-state index contributed by atoms with van der Waals surface area (Å²) < 4.78 is 15.3. The minimum Gasteiger partial charge on any atom is -0.550 e. The number of carbonyl (C=O) groups is 1. The van der Waals surface area contributed by atoms with Crippen LogP contribution < -0.4 is 39.6 Å². The van der Waals surface area contributed by atoms with E-state index < -0.39 is 24.6 Å². The van der Waals surface area contributed by atoms with Crippen LogP contribution in [0.3, 0.4) is 0 Å². The second-order valence-corrected chi connectivity index (χ2v) is 8.60. The van der Waals surface area contributed by atoms with E-state index in [2.05, 4.69) is 5.10 Å². The molecule has 0 radical (unpaired) electrons. The maximum absolute atomic E-state index is 13.6. The van der Waals surface area contributed by atoms with E-state index in [4.69, 9.17) is 9.97 Å². The zero-order chi connectivity index (χ0) is 25.7. The van der Waals surface area contributed by atoms with Crippen molar-refractivity contribution in [2.75, 3.05) is 11.9 Å². The fraction of sp³-hybridized carbons (Fsp3) is 0.360. The summed E-state index contributed by atoms with van der Waals surface area (Å²) in [7, 11) is 3.63. The van der Waals surface area contributed by atoms with E-state index in [1.54, 1.807) is 34.0 Å². The average Bonchev–Trinajstić information content (AvgIpc) is 3.22. The summed E-state index contributed by atoms with van der Waals surface area (Å²) in [5.41, 5.74) is 2.51. The van der Waals surface area contributed by atoms with Gasteiger partial charge in [-0.15, -0.1) is 0 Å². The van der Waals surface area contributed by atoms with Gasteiger partial charge in [0, 0.05) is 50.1 Å². The molecule has 0 amide bonds. The Labute approximate surface area is 231 Å². The maximum Gasteiger partial charge on any atom is 1.00 e. The van der Waals surface area contributed by atoms with Gasteiger partial charge in [0.05, 0.1) is 29.8 Å². The van der Waals surface area contributed by atoms with E-state index in [0.717, 1.165) is 5.82 Å². The number of hydrogen-bond donors (Lipinski definition) is 2. The Morgan fingerprint density at radius 3 is 2.42 bits per heavy atom. The number of halogens is 1. The number of aliphatic carboxylic acids is 1. The number of anilines is 2. The molecular weight excluding hydrogens is 476 g/mol. The van der Waals surface area contributed by atoms with E-state index in [9.17, 15) is 24.5 Å². The summed E-state index contributed by atoms with van der Waals surface area (Å²) in [6.07, 6.45) is 1.69. The summed E-state index contributed by atoms with van der Waals surface area (Å²) in [5.74, 6) is -0.620. The number of carboxylic acid groups (broad SMARTS) is 1. The van der Waals surface area contributed by atoms with Gasteiger partial charge in [0.15, 0.2) is 0 Å². The van der Waals surface area contributed by atoms with Crippen LogP contribution in [-0.2, 0) is 11.8 Å². The Balaban J connectivity index is 0.00000456. The van der Waals surface area contributed by atoms with Crippen molar-refractivity contribution in [2.45, 2.75) is 44.8 Å². The van der Waals surface area contributed by atoms with Crippen molar-refractivity contribution in [3.63, 3.8) is 0 Å². The van der Waals surface area contributed by atoms with Crippen molar-refractivity contribution in [1.29, 1.82) is 0 Å². The first-order valence-corrected chi connectivity index (χ1v) is 11.2. The van der Waals surface area contributed by atoms with Gasteiger partial charge in [-0.25, -0.2) is 14.4 Å². The third-order valence-corrected chi connectivity index (χ3v) is 5.47. The molecule has 1 aromatic carbocycles. The van der Waals surface area contributed by atoms with E-state index >= 15 is 0 Å². The third kappa shape index (κ3) is 7.44. The Kier molecular flexibility index (Phi) is 10.7. The molecule has 0 saturated heterocycles. The standard InChI is InChI=1S/C25H30FN5O4.Na/c1-15(2)23-20(10-9-18(32)13-19(33)14-22(34)35)24(16-5-7-17(26)8-6-16)29-25(28-23)30(3)21-11-12-27-31(21)4;/h5-12,15,18-19,32-33H,13-14H2,1-4H3,(H,34,35);/q;+1/p-1/b10-9+;/t18-,19-;/m1./s1. The molecule has 0 fully saturated rings. The first-order valence-electron chi connectivity index (χ1n) is 11.2. The molecule has 11 heteroatoms. The summed E-state index contributed by atoms with van der Waals surface area (Å²) in [4.78, 5) is 22.0. The molecular formula is C25H29FN5NaO4. The van der Waals surface area contributed by atoms with E-state index in [0.29, 0.717) is 28.5 Å². The zero-order valence-corrected chi connectivity index (χ0v) is 23.1. The molecule has 2 N–H and O–H groups in total. The molecule has 3 rings (SSSR count). The normalized spacial score (nSPS) is 13.0. The van der Waals surface area contributed by atoms with E-state index in [1.165, 1.54) is 18.2 Å². The molecule has 2 aromatic heterocycles. The molecule has 0 unspecified atom stereocenters. The van der Waals surface area contributed by atoms with Crippen molar-refractivity contribution < 1.29 is 54.1 Å². The minimum atomic E-state index is -1.39. The number of carbonyl (C=O) groups excluding carboxylic acids is 1. The number of nitrogens with zero attached hydrogens (tertiary/aromatic N) is 5. The molecule has 9 nitrogen and oxygen atoms in total. The number of aromatic nitrogens is 4. The Morgan fingerprint density at radius 2 is 1.86 bits per heavy atom. The number of hydrogen-bond acceptors (Lipinski definition) is 8. The van der Waals surface area contributed by atoms with Crippen molar-refractivity contribution in [3.8, 4) is 11.3 Å². The largest absolute Gasteiger partial charge is 1.00 e. The number of carboxylic acids is 1. The Morgan fingerprint density at radius 1 is 1.19 bits per heavy atom. The van der Waals surface area contributed by atoms with Gasteiger partial charge in [-0.05, 0) is 30.2 Å². The first-order chi connectivity index (χ1) is 16.6. The number of rotatable bonds is 10. The van der Waals surface area contributed by atoms with Gasteiger partial charge in [0.2, 0.25) is 5.95 Å². The summed E-state index contributed by atoms with van der Waals surface area (Å²) in [6, 6.07) is 7.75. The van der Waals surface area contributed by atoms with Crippen molar-refractivity contribution in [3.05, 3.63) is 59.7 Å². The second-order valence-electron chi connectivity index (χ2n) is 8.60. The predicted molar refractivity (Wildman–Crippen MR) is 128 cm³/mol. The monoisotopic (exact) mass is 505 g/mol. The molecule has 0 saturated carbocycles. The van der Waals surface area contributed by atoms with Gasteiger partial charge in [0.25, 0.3) is 0 Å². The van der Waals surface area contributed by atoms with Crippen molar-refractivity contribution in [2.24, 2.45) is 7.05 Å². The average molecular weight is 506 g/mol. The Bertz CT molecular complexity index is 1200. The summed E-state index contributed by atoms with van der Waals surface area (Å²) in [6.45, 7) is 3.95. The number of aryl methyl sites for hydroxylation is 1. The van der Waals surface area contributed by atoms with Crippen LogP contribution in [0.15, 0.2) is 42.6 Å². The molecule has 0 spiro atoms. The van der Waals surface area contributed by atoms with Crippen molar-refractivity contribution in [1.82, 2.24) is 19.7 Å². The van der Waals surface area contributed by atoms with Gasteiger partial charge in [-0.1, -0.05) is 26.0 Å². The number of aliphatic hydroxyl groups excluding tert-OH is 2. The van der Waals surface area contributed by atoms with Crippen LogP contribution in [0, 0.1) is 5.82 Å². The first kappa shape index (κ1) is 29.6. The van der Waals surface area contributed by atoms with Gasteiger partial charge in [-0.3, -0.25) is 9.58 Å². The molecule has 3 aromatic rings. The molecule has 2 heterocycles. The molecule has 0 bridgehead atoms. The molecule has 0 aliphatic heterocycles. The summed E-state index contributed by atoms with van der Waals surface area (Å²) in [5, 5.41) is 35.0. The quantitative estimate of drug-likeness (QED) is 0.342. The van der Waals surface area contributed by atoms with Crippen LogP contribution in [0.5, 0.6) is 0 Å². The van der Waals surface area contributed by atoms with E-state index in [1.807, 2.05) is 34.0 Å². The predicted octanol–water partition coefficient (Wildman–Crippen LogP) is -0.823. The fourth-order valence-electron chi connectivity index (χ4n) is 3.70. The fourth-order valence-corrected chi connectivity index (χ4v) is 3.70.